The van der Waals surface area contributed by atoms with Crippen molar-refractivity contribution in [1.82, 2.24) is 14.9 Å². The first kappa shape index (κ1) is 16.9. The van der Waals surface area contributed by atoms with Gasteiger partial charge in [0.2, 0.25) is 25.4 Å². The van der Waals surface area contributed by atoms with Crippen molar-refractivity contribution in [3.05, 3.63) is 0 Å². The van der Waals surface area contributed by atoms with Gasteiger partial charge in [-0.3, -0.25) is 4.79 Å². The van der Waals surface area contributed by atoms with Gasteiger partial charge in [0.25, 0.3) is 10.0 Å². The summed E-state index contributed by atoms with van der Waals surface area (Å²) in [6.07, 6.45) is 0.0371. The normalized spacial score (nSPS) is 12.3. The van der Waals surface area contributed by atoms with E-state index in [9.17, 15) is 21.6 Å². The SMILES string of the molecule is CC(=O)Nc1nnc(S(=O)(=O)NCCCS(N)(=O)=O)s1. The number of amides is 1. The second-order valence-corrected chi connectivity index (χ2v) is 8.32. The molecule has 0 aliphatic rings. The molecule has 10 nitrogen and oxygen atoms in total. The van der Waals surface area contributed by atoms with Crippen molar-refractivity contribution in [2.75, 3.05) is 17.6 Å². The van der Waals surface area contributed by atoms with Gasteiger partial charge in [-0.1, -0.05) is 11.3 Å². The zero-order chi connectivity index (χ0) is 15.4. The molecule has 0 aliphatic carbocycles. The van der Waals surface area contributed by atoms with Crippen molar-refractivity contribution in [2.45, 2.75) is 17.7 Å². The Bertz CT molecular complexity index is 679. The van der Waals surface area contributed by atoms with Crippen LogP contribution in [0.1, 0.15) is 13.3 Å². The van der Waals surface area contributed by atoms with E-state index in [0.29, 0.717) is 11.3 Å². The molecule has 13 heteroatoms. The summed E-state index contributed by atoms with van der Waals surface area (Å²) in [4.78, 5) is 10.8. The highest BCUT2D eigenvalue weighted by Crippen LogP contribution is 2.19. The average Bonchev–Trinajstić information content (AvgIpc) is 2.71. The minimum atomic E-state index is -3.89. The predicted octanol–water partition coefficient (Wildman–Crippen LogP) is -1.55. The van der Waals surface area contributed by atoms with Gasteiger partial charge in [-0.25, -0.2) is 26.7 Å². The van der Waals surface area contributed by atoms with Crippen LogP contribution in [0.3, 0.4) is 0 Å². The number of anilines is 1. The number of nitrogens with zero attached hydrogens (tertiary/aromatic N) is 2. The number of carbonyl (C=O) groups is 1. The molecule has 0 spiro atoms. The largest absolute Gasteiger partial charge is 0.301 e. The lowest BCUT2D eigenvalue weighted by molar-refractivity contribution is -0.114. The summed E-state index contributed by atoms with van der Waals surface area (Å²) in [7, 11) is -7.51. The van der Waals surface area contributed by atoms with Crippen molar-refractivity contribution < 1.29 is 21.6 Å². The van der Waals surface area contributed by atoms with Gasteiger partial charge in [0.05, 0.1) is 5.75 Å². The molecule has 1 aromatic rings. The van der Waals surface area contributed by atoms with E-state index in [1.807, 2.05) is 0 Å². The summed E-state index contributed by atoms with van der Waals surface area (Å²) < 4.78 is 46.7. The lowest BCUT2D eigenvalue weighted by Gasteiger charge is -2.02. The Morgan fingerprint density at radius 1 is 1.30 bits per heavy atom. The lowest BCUT2D eigenvalue weighted by atomic mass is 10.5. The first-order chi connectivity index (χ1) is 9.10. The molecule has 1 heterocycles. The number of rotatable bonds is 7. The van der Waals surface area contributed by atoms with Crippen molar-refractivity contribution in [3.8, 4) is 0 Å². The van der Waals surface area contributed by atoms with Gasteiger partial charge >= 0.3 is 0 Å². The van der Waals surface area contributed by atoms with Crippen LogP contribution in [0.5, 0.6) is 0 Å². The van der Waals surface area contributed by atoms with Crippen LogP contribution in [0.15, 0.2) is 4.34 Å². The third-order valence-corrected chi connectivity index (χ3v) is 5.34. The third kappa shape index (κ3) is 5.87. The monoisotopic (exact) mass is 343 g/mol. The van der Waals surface area contributed by atoms with E-state index in [1.165, 1.54) is 6.92 Å². The third-order valence-electron chi connectivity index (χ3n) is 1.82. The molecule has 114 valence electrons. The van der Waals surface area contributed by atoms with Crippen LogP contribution in [0.2, 0.25) is 0 Å². The first-order valence-electron chi connectivity index (χ1n) is 5.21. The highest BCUT2D eigenvalue weighted by atomic mass is 32.2. The van der Waals surface area contributed by atoms with E-state index in [1.54, 1.807) is 0 Å². The quantitative estimate of drug-likeness (QED) is 0.399. The molecule has 0 unspecified atom stereocenters. The molecule has 4 N–H and O–H groups in total. The molecule has 0 bridgehead atoms. The molecular formula is C7H13N5O5S3. The Labute approximate surface area is 119 Å². The molecule has 0 radical (unpaired) electrons. The standard InChI is InChI=1S/C7H13N5O5S3/c1-5(13)10-6-11-12-7(18-6)20(16,17)9-3-2-4-19(8,14)15/h9H,2-4H2,1H3,(H2,8,14,15)(H,10,11,13). The fraction of sp³-hybridized carbons (Fsp3) is 0.571. The number of sulfonamides is 2. The molecule has 0 saturated carbocycles. The number of nitrogens with two attached hydrogens (primary N) is 1. The Morgan fingerprint density at radius 3 is 2.50 bits per heavy atom. The fourth-order valence-electron chi connectivity index (χ4n) is 1.06. The van der Waals surface area contributed by atoms with Crippen molar-refractivity contribution >= 4 is 42.4 Å². The number of nitrogens with one attached hydrogen (secondary N) is 2. The summed E-state index contributed by atoms with van der Waals surface area (Å²) in [6.45, 7) is 1.15. The van der Waals surface area contributed by atoms with Gasteiger partial charge < -0.3 is 5.32 Å². The number of hydrogen-bond acceptors (Lipinski definition) is 8. The second-order valence-electron chi connectivity index (χ2n) is 3.67. The molecule has 0 atom stereocenters. The molecule has 1 rings (SSSR count). The van der Waals surface area contributed by atoms with Crippen LogP contribution < -0.4 is 15.2 Å². The van der Waals surface area contributed by atoms with E-state index in [4.69, 9.17) is 5.14 Å². The Kier molecular flexibility index (Phi) is 5.52. The van der Waals surface area contributed by atoms with Crippen LogP contribution in [-0.2, 0) is 24.8 Å². The second kappa shape index (κ2) is 6.53. The fourth-order valence-corrected chi connectivity index (χ4v) is 3.67. The Balaban J connectivity index is 2.60. The van der Waals surface area contributed by atoms with Gasteiger partial charge in [-0.15, -0.1) is 10.2 Å². The molecule has 0 aliphatic heterocycles. The number of carbonyl (C=O) groups excluding carboxylic acids is 1. The highest BCUT2D eigenvalue weighted by Gasteiger charge is 2.20. The van der Waals surface area contributed by atoms with E-state index in [-0.39, 0.29) is 28.2 Å². The maximum atomic E-state index is 11.8. The van der Waals surface area contributed by atoms with Crippen molar-refractivity contribution in [3.63, 3.8) is 0 Å². The number of aromatic nitrogens is 2. The van der Waals surface area contributed by atoms with E-state index >= 15 is 0 Å². The molecule has 1 aromatic heterocycles. The Morgan fingerprint density at radius 2 is 1.95 bits per heavy atom. The van der Waals surface area contributed by atoms with Gasteiger partial charge in [0.15, 0.2) is 0 Å². The summed E-state index contributed by atoms with van der Waals surface area (Å²) in [5.41, 5.74) is 0. The van der Waals surface area contributed by atoms with Gasteiger partial charge in [-0.2, -0.15) is 0 Å². The van der Waals surface area contributed by atoms with Gasteiger partial charge in [0, 0.05) is 13.5 Å². The summed E-state index contributed by atoms with van der Waals surface area (Å²) >= 11 is 0.684. The maximum absolute atomic E-state index is 11.8. The molecule has 0 saturated heterocycles. The average molecular weight is 343 g/mol. The predicted molar refractivity (Wildman–Crippen MR) is 72.0 cm³/mol. The number of primary sulfonamides is 1. The molecule has 20 heavy (non-hydrogen) atoms. The lowest BCUT2D eigenvalue weighted by Crippen LogP contribution is -2.27. The molecular weight excluding hydrogens is 330 g/mol. The van der Waals surface area contributed by atoms with Gasteiger partial charge in [0.1, 0.15) is 0 Å². The van der Waals surface area contributed by atoms with E-state index in [0.717, 1.165) is 0 Å². The zero-order valence-corrected chi connectivity index (χ0v) is 12.8. The van der Waals surface area contributed by atoms with Crippen molar-refractivity contribution in [1.29, 1.82) is 0 Å². The molecule has 0 aromatic carbocycles. The van der Waals surface area contributed by atoms with Crippen LogP contribution in [0.4, 0.5) is 5.13 Å². The highest BCUT2D eigenvalue weighted by molar-refractivity contribution is 7.91. The minimum Gasteiger partial charge on any atom is -0.301 e. The van der Waals surface area contributed by atoms with Crippen LogP contribution in [0, 0.1) is 0 Å². The van der Waals surface area contributed by atoms with E-state index in [2.05, 4.69) is 20.2 Å². The topological polar surface area (TPSA) is 161 Å². The van der Waals surface area contributed by atoms with Crippen LogP contribution >= 0.6 is 11.3 Å². The van der Waals surface area contributed by atoms with Gasteiger partial charge in [-0.05, 0) is 6.42 Å². The molecule has 1 amide bonds. The zero-order valence-electron chi connectivity index (χ0n) is 10.4. The summed E-state index contributed by atoms with van der Waals surface area (Å²) in [6, 6.07) is 0. The van der Waals surface area contributed by atoms with Crippen LogP contribution in [-0.4, -0.2) is 45.2 Å². The maximum Gasteiger partial charge on any atom is 0.269 e. The van der Waals surface area contributed by atoms with Crippen molar-refractivity contribution in [2.24, 2.45) is 5.14 Å². The smallest absolute Gasteiger partial charge is 0.269 e. The molecule has 0 fully saturated rings. The number of hydrogen-bond donors (Lipinski definition) is 3. The van der Waals surface area contributed by atoms with Crippen LogP contribution in [0.25, 0.3) is 0 Å². The first-order valence-corrected chi connectivity index (χ1v) is 9.23. The van der Waals surface area contributed by atoms with E-state index < -0.39 is 26.0 Å². The minimum absolute atomic E-state index is 0.0371. The summed E-state index contributed by atoms with van der Waals surface area (Å²) in [5.74, 6) is -0.728. The summed E-state index contributed by atoms with van der Waals surface area (Å²) in [5, 5.41) is 14.1. The Hall–Kier alpha value is -1.15.